The van der Waals surface area contributed by atoms with E-state index in [-0.39, 0.29) is 18.1 Å². The van der Waals surface area contributed by atoms with Crippen LogP contribution in [0.4, 0.5) is 0 Å². The van der Waals surface area contributed by atoms with E-state index in [0.29, 0.717) is 0 Å². The number of amides is 1. The average Bonchev–Trinajstić information content (AvgIpc) is 2.92. The van der Waals surface area contributed by atoms with Crippen molar-refractivity contribution in [1.82, 2.24) is 20.3 Å². The second-order valence-electron chi connectivity index (χ2n) is 5.65. The third-order valence-electron chi connectivity index (χ3n) is 3.85. The predicted molar refractivity (Wildman–Crippen MR) is 77.2 cm³/mol. The lowest BCUT2D eigenvalue weighted by Crippen LogP contribution is -2.47. The first-order valence-corrected chi connectivity index (χ1v) is 7.06. The van der Waals surface area contributed by atoms with Crippen LogP contribution in [0, 0.1) is 6.92 Å². The summed E-state index contributed by atoms with van der Waals surface area (Å²) in [7, 11) is 0. The molecule has 0 atom stereocenters. The summed E-state index contributed by atoms with van der Waals surface area (Å²) >= 11 is 0. The van der Waals surface area contributed by atoms with Crippen molar-refractivity contribution in [1.29, 1.82) is 0 Å². The molecule has 1 aromatic carbocycles. The topological polar surface area (TPSA) is 80.0 Å². The highest BCUT2D eigenvalue weighted by molar-refractivity contribution is 5.91. The van der Waals surface area contributed by atoms with E-state index in [1.807, 2.05) is 31.2 Å². The predicted octanol–water partition coefficient (Wildman–Crippen LogP) is 1.22. The van der Waals surface area contributed by atoms with Gasteiger partial charge in [-0.2, -0.15) is 0 Å². The van der Waals surface area contributed by atoms with Gasteiger partial charge in [0.25, 0.3) is 5.91 Å². The summed E-state index contributed by atoms with van der Waals surface area (Å²) in [6.07, 6.45) is 4.08. The zero-order chi connectivity index (χ0) is 14.9. The van der Waals surface area contributed by atoms with Crippen LogP contribution in [0.1, 0.15) is 35.3 Å². The van der Waals surface area contributed by atoms with E-state index in [1.54, 1.807) is 10.9 Å². The minimum Gasteiger partial charge on any atom is -0.388 e. The fraction of sp³-hybridized carbons (Fsp3) is 0.400. The van der Waals surface area contributed by atoms with Crippen molar-refractivity contribution < 1.29 is 9.90 Å². The summed E-state index contributed by atoms with van der Waals surface area (Å²) in [5.74, 6) is -0.311. The fourth-order valence-corrected chi connectivity index (χ4v) is 2.36. The molecule has 6 heteroatoms. The second-order valence-corrected chi connectivity index (χ2v) is 5.65. The molecule has 1 heterocycles. The highest BCUT2D eigenvalue weighted by atomic mass is 16.3. The first kappa shape index (κ1) is 13.8. The molecule has 6 nitrogen and oxygen atoms in total. The van der Waals surface area contributed by atoms with Gasteiger partial charge >= 0.3 is 0 Å². The van der Waals surface area contributed by atoms with Crippen molar-refractivity contribution in [3.8, 4) is 5.69 Å². The van der Waals surface area contributed by atoms with E-state index in [1.165, 1.54) is 0 Å². The monoisotopic (exact) mass is 286 g/mol. The molecule has 21 heavy (non-hydrogen) atoms. The minimum absolute atomic E-state index is 0.249. The SMILES string of the molecule is Cc1cccc(-n2cc(C(=O)NCC3(O)CCC3)nn2)c1. The molecule has 2 N–H and O–H groups in total. The molecule has 0 aliphatic heterocycles. The summed E-state index contributed by atoms with van der Waals surface area (Å²) in [6, 6.07) is 7.79. The molecule has 1 amide bonds. The van der Waals surface area contributed by atoms with Crippen LogP contribution in [-0.4, -0.2) is 38.2 Å². The molecular weight excluding hydrogens is 268 g/mol. The van der Waals surface area contributed by atoms with Gasteiger partial charge in [0.15, 0.2) is 5.69 Å². The van der Waals surface area contributed by atoms with E-state index in [0.717, 1.165) is 30.5 Å². The maximum atomic E-state index is 12.0. The first-order chi connectivity index (χ1) is 10.1. The lowest BCUT2D eigenvalue weighted by molar-refractivity contribution is -0.0300. The van der Waals surface area contributed by atoms with E-state index < -0.39 is 5.60 Å². The normalized spacial score (nSPS) is 16.3. The van der Waals surface area contributed by atoms with E-state index in [4.69, 9.17) is 0 Å². The van der Waals surface area contributed by atoms with E-state index in [9.17, 15) is 9.90 Å². The molecule has 1 fully saturated rings. The molecule has 0 saturated heterocycles. The Hall–Kier alpha value is -2.21. The third kappa shape index (κ3) is 2.95. The van der Waals surface area contributed by atoms with Crippen LogP contribution in [0.25, 0.3) is 5.69 Å². The van der Waals surface area contributed by atoms with Crippen LogP contribution < -0.4 is 5.32 Å². The molecule has 1 aliphatic rings. The quantitative estimate of drug-likeness (QED) is 0.885. The number of hydrogen-bond acceptors (Lipinski definition) is 4. The number of aryl methyl sites for hydroxylation is 1. The summed E-state index contributed by atoms with van der Waals surface area (Å²) in [6.45, 7) is 2.26. The van der Waals surface area contributed by atoms with Gasteiger partial charge in [0.2, 0.25) is 0 Å². The number of nitrogens with zero attached hydrogens (tertiary/aromatic N) is 3. The Bertz CT molecular complexity index is 661. The molecule has 0 unspecified atom stereocenters. The van der Waals surface area contributed by atoms with Crippen molar-refractivity contribution in [2.24, 2.45) is 0 Å². The number of aliphatic hydroxyl groups is 1. The van der Waals surface area contributed by atoms with Gasteiger partial charge in [-0.05, 0) is 43.9 Å². The standard InChI is InChI=1S/C15H18N4O2/c1-11-4-2-5-12(8-11)19-9-13(17-18-19)14(20)16-10-15(21)6-3-7-15/h2,4-5,8-9,21H,3,6-7,10H2,1H3,(H,16,20). The summed E-state index contributed by atoms with van der Waals surface area (Å²) in [5.41, 5.74) is 1.49. The number of carbonyl (C=O) groups excluding carboxylic acids is 1. The highest BCUT2D eigenvalue weighted by Crippen LogP contribution is 2.30. The Morgan fingerprint density at radius 3 is 2.95 bits per heavy atom. The van der Waals surface area contributed by atoms with Crippen molar-refractivity contribution in [3.05, 3.63) is 41.7 Å². The Morgan fingerprint density at radius 1 is 1.48 bits per heavy atom. The van der Waals surface area contributed by atoms with Gasteiger partial charge in [-0.1, -0.05) is 17.3 Å². The Kier molecular flexibility index (Phi) is 3.47. The summed E-state index contributed by atoms with van der Waals surface area (Å²) in [5, 5.41) is 20.5. The van der Waals surface area contributed by atoms with Gasteiger partial charge in [0, 0.05) is 6.54 Å². The molecule has 3 rings (SSSR count). The zero-order valence-electron chi connectivity index (χ0n) is 11.9. The maximum absolute atomic E-state index is 12.0. The fourth-order valence-electron chi connectivity index (χ4n) is 2.36. The number of aromatic nitrogens is 3. The minimum atomic E-state index is -0.734. The Morgan fingerprint density at radius 2 is 2.29 bits per heavy atom. The van der Waals surface area contributed by atoms with Crippen LogP contribution in [0.15, 0.2) is 30.5 Å². The van der Waals surface area contributed by atoms with Gasteiger partial charge in [0.05, 0.1) is 17.5 Å². The highest BCUT2D eigenvalue weighted by Gasteiger charge is 2.34. The molecule has 1 aromatic heterocycles. The number of benzene rings is 1. The van der Waals surface area contributed by atoms with Crippen molar-refractivity contribution in [3.63, 3.8) is 0 Å². The van der Waals surface area contributed by atoms with Crippen LogP contribution in [0.5, 0.6) is 0 Å². The van der Waals surface area contributed by atoms with Gasteiger partial charge in [0.1, 0.15) is 0 Å². The van der Waals surface area contributed by atoms with Crippen molar-refractivity contribution in [2.45, 2.75) is 31.8 Å². The summed E-state index contributed by atoms with van der Waals surface area (Å²) < 4.78 is 1.57. The van der Waals surface area contributed by atoms with Gasteiger partial charge in [-0.25, -0.2) is 4.68 Å². The molecule has 2 aromatic rings. The van der Waals surface area contributed by atoms with Crippen LogP contribution in [-0.2, 0) is 0 Å². The molecule has 0 spiro atoms. The molecule has 1 aliphatic carbocycles. The third-order valence-corrected chi connectivity index (χ3v) is 3.85. The number of carbonyl (C=O) groups is 1. The van der Waals surface area contributed by atoms with Crippen LogP contribution in [0.2, 0.25) is 0 Å². The van der Waals surface area contributed by atoms with E-state index >= 15 is 0 Å². The average molecular weight is 286 g/mol. The Balaban J connectivity index is 1.68. The Labute approximate surface area is 122 Å². The molecular formula is C15H18N4O2. The molecule has 0 radical (unpaired) electrons. The zero-order valence-corrected chi connectivity index (χ0v) is 11.9. The number of hydrogen-bond donors (Lipinski definition) is 2. The largest absolute Gasteiger partial charge is 0.388 e. The molecule has 1 saturated carbocycles. The van der Waals surface area contributed by atoms with Crippen LogP contribution in [0.3, 0.4) is 0 Å². The number of rotatable bonds is 4. The van der Waals surface area contributed by atoms with E-state index in [2.05, 4.69) is 15.6 Å². The summed E-state index contributed by atoms with van der Waals surface area (Å²) in [4.78, 5) is 12.0. The molecule has 0 bridgehead atoms. The smallest absolute Gasteiger partial charge is 0.273 e. The van der Waals surface area contributed by atoms with Crippen molar-refractivity contribution in [2.75, 3.05) is 6.54 Å². The maximum Gasteiger partial charge on any atom is 0.273 e. The first-order valence-electron chi connectivity index (χ1n) is 7.06. The van der Waals surface area contributed by atoms with Crippen LogP contribution >= 0.6 is 0 Å². The second kappa shape index (κ2) is 5.29. The lowest BCUT2D eigenvalue weighted by atomic mass is 9.80. The van der Waals surface area contributed by atoms with Crippen molar-refractivity contribution >= 4 is 5.91 Å². The van der Waals surface area contributed by atoms with Gasteiger partial charge in [-0.15, -0.1) is 5.10 Å². The van der Waals surface area contributed by atoms with Gasteiger partial charge < -0.3 is 10.4 Å². The number of nitrogens with one attached hydrogen (secondary N) is 1. The molecule has 110 valence electrons. The lowest BCUT2D eigenvalue weighted by Gasteiger charge is -2.36. The van der Waals surface area contributed by atoms with Gasteiger partial charge in [-0.3, -0.25) is 4.79 Å².